The van der Waals surface area contributed by atoms with E-state index in [2.05, 4.69) is 23.3 Å². The van der Waals surface area contributed by atoms with E-state index in [1.165, 1.54) is 0 Å². The van der Waals surface area contributed by atoms with Gasteiger partial charge in [-0.3, -0.25) is 0 Å². The summed E-state index contributed by atoms with van der Waals surface area (Å²) in [6, 6.07) is 7.15. The van der Waals surface area contributed by atoms with E-state index in [0.717, 1.165) is 23.3 Å². The SMILES string of the molecule is CCc1cnc(Nc2ccc(C#N)cc2Cl)c(C)c1OC. The van der Waals surface area contributed by atoms with Gasteiger partial charge in [0.25, 0.3) is 0 Å². The predicted molar refractivity (Wildman–Crippen MR) is 84.4 cm³/mol. The topological polar surface area (TPSA) is 57.9 Å². The van der Waals surface area contributed by atoms with E-state index in [0.29, 0.717) is 22.1 Å². The second kappa shape index (κ2) is 6.47. The predicted octanol–water partition coefficient (Wildman–Crippen LogP) is 4.23. The fraction of sp³-hybridized carbons (Fsp3) is 0.250. The van der Waals surface area contributed by atoms with Crippen LogP contribution in [0.3, 0.4) is 0 Å². The zero-order valence-electron chi connectivity index (χ0n) is 12.2. The summed E-state index contributed by atoms with van der Waals surface area (Å²) >= 11 is 6.17. The van der Waals surface area contributed by atoms with Crippen molar-refractivity contribution >= 4 is 23.1 Å². The fourth-order valence-corrected chi connectivity index (χ4v) is 2.35. The average molecular weight is 302 g/mol. The number of ether oxygens (including phenoxy) is 1. The molecule has 1 aromatic heterocycles. The van der Waals surface area contributed by atoms with Crippen molar-refractivity contribution in [1.29, 1.82) is 5.26 Å². The van der Waals surface area contributed by atoms with Gasteiger partial charge in [0, 0.05) is 17.3 Å². The largest absolute Gasteiger partial charge is 0.496 e. The van der Waals surface area contributed by atoms with E-state index in [-0.39, 0.29) is 0 Å². The molecule has 0 bridgehead atoms. The third kappa shape index (κ3) is 3.09. The third-order valence-corrected chi connectivity index (χ3v) is 3.59. The zero-order valence-corrected chi connectivity index (χ0v) is 13.0. The molecule has 4 nitrogen and oxygen atoms in total. The highest BCUT2D eigenvalue weighted by Crippen LogP contribution is 2.32. The molecule has 0 fully saturated rings. The minimum atomic E-state index is 0.480. The number of halogens is 1. The molecule has 0 aliphatic heterocycles. The highest BCUT2D eigenvalue weighted by Gasteiger charge is 2.12. The van der Waals surface area contributed by atoms with Crippen LogP contribution < -0.4 is 10.1 Å². The van der Waals surface area contributed by atoms with Gasteiger partial charge in [0.05, 0.1) is 29.5 Å². The molecule has 0 amide bonds. The summed E-state index contributed by atoms with van der Waals surface area (Å²) in [4.78, 5) is 4.42. The summed E-state index contributed by atoms with van der Waals surface area (Å²) in [6.45, 7) is 4.01. The molecule has 0 saturated carbocycles. The van der Waals surface area contributed by atoms with Gasteiger partial charge in [0.2, 0.25) is 0 Å². The Morgan fingerprint density at radius 3 is 2.76 bits per heavy atom. The smallest absolute Gasteiger partial charge is 0.137 e. The highest BCUT2D eigenvalue weighted by molar-refractivity contribution is 6.33. The van der Waals surface area contributed by atoms with Crippen LogP contribution in [0.2, 0.25) is 5.02 Å². The van der Waals surface area contributed by atoms with E-state index >= 15 is 0 Å². The van der Waals surface area contributed by atoms with Gasteiger partial charge in [0.15, 0.2) is 0 Å². The Kier molecular flexibility index (Phi) is 4.66. The van der Waals surface area contributed by atoms with Crippen molar-refractivity contribution in [3.63, 3.8) is 0 Å². The van der Waals surface area contributed by atoms with Crippen molar-refractivity contribution in [3.8, 4) is 11.8 Å². The number of aromatic nitrogens is 1. The first-order valence-corrected chi connectivity index (χ1v) is 6.97. The number of pyridine rings is 1. The Bertz CT molecular complexity index is 707. The van der Waals surface area contributed by atoms with Crippen LogP contribution in [0.15, 0.2) is 24.4 Å². The summed E-state index contributed by atoms with van der Waals surface area (Å²) in [7, 11) is 1.65. The molecule has 0 radical (unpaired) electrons. The minimum absolute atomic E-state index is 0.480. The molecule has 21 heavy (non-hydrogen) atoms. The number of anilines is 2. The molecular formula is C16H16ClN3O. The van der Waals surface area contributed by atoms with E-state index < -0.39 is 0 Å². The lowest BCUT2D eigenvalue weighted by Gasteiger charge is -2.15. The molecule has 1 N–H and O–H groups in total. The monoisotopic (exact) mass is 301 g/mol. The zero-order chi connectivity index (χ0) is 15.4. The molecule has 0 spiro atoms. The van der Waals surface area contributed by atoms with Gasteiger partial charge in [-0.15, -0.1) is 0 Å². The molecule has 0 saturated heterocycles. The highest BCUT2D eigenvalue weighted by atomic mass is 35.5. The molecule has 0 atom stereocenters. The molecule has 5 heteroatoms. The summed E-state index contributed by atoms with van der Waals surface area (Å²) < 4.78 is 5.46. The molecule has 2 rings (SSSR count). The van der Waals surface area contributed by atoms with Crippen molar-refractivity contribution in [3.05, 3.63) is 46.1 Å². The van der Waals surface area contributed by atoms with Gasteiger partial charge < -0.3 is 10.1 Å². The lowest BCUT2D eigenvalue weighted by atomic mass is 10.1. The number of methoxy groups -OCH3 is 1. The molecule has 0 aliphatic carbocycles. The Hall–Kier alpha value is -2.25. The van der Waals surface area contributed by atoms with Gasteiger partial charge >= 0.3 is 0 Å². The van der Waals surface area contributed by atoms with Crippen molar-refractivity contribution in [2.45, 2.75) is 20.3 Å². The van der Waals surface area contributed by atoms with Gasteiger partial charge in [0.1, 0.15) is 11.6 Å². The minimum Gasteiger partial charge on any atom is -0.496 e. The fourth-order valence-electron chi connectivity index (χ4n) is 2.12. The Morgan fingerprint density at radius 1 is 1.43 bits per heavy atom. The van der Waals surface area contributed by atoms with Gasteiger partial charge in [-0.05, 0) is 31.5 Å². The lowest BCUT2D eigenvalue weighted by Crippen LogP contribution is -2.02. The summed E-state index contributed by atoms with van der Waals surface area (Å²) in [5.74, 6) is 1.52. The van der Waals surface area contributed by atoms with Crippen LogP contribution in [-0.4, -0.2) is 12.1 Å². The maximum Gasteiger partial charge on any atom is 0.137 e. The van der Waals surface area contributed by atoms with E-state index in [1.807, 2.05) is 6.92 Å². The first kappa shape index (κ1) is 15.1. The van der Waals surface area contributed by atoms with Crippen molar-refractivity contribution < 1.29 is 4.74 Å². The quantitative estimate of drug-likeness (QED) is 0.918. The lowest BCUT2D eigenvalue weighted by molar-refractivity contribution is 0.406. The number of aryl methyl sites for hydroxylation is 1. The molecule has 1 aromatic carbocycles. The number of benzene rings is 1. The summed E-state index contributed by atoms with van der Waals surface area (Å²) in [5.41, 5.74) is 3.22. The number of hydrogen-bond donors (Lipinski definition) is 1. The van der Waals surface area contributed by atoms with Crippen molar-refractivity contribution in [2.24, 2.45) is 0 Å². The summed E-state index contributed by atoms with van der Waals surface area (Å²) in [6.07, 6.45) is 2.65. The first-order chi connectivity index (χ1) is 10.1. The first-order valence-electron chi connectivity index (χ1n) is 6.59. The van der Waals surface area contributed by atoms with Crippen LogP contribution in [0.1, 0.15) is 23.6 Å². The van der Waals surface area contributed by atoms with Crippen molar-refractivity contribution in [2.75, 3.05) is 12.4 Å². The van der Waals surface area contributed by atoms with Crippen LogP contribution in [-0.2, 0) is 6.42 Å². The molecule has 0 aliphatic rings. The standard InChI is InChI=1S/C16H16ClN3O/c1-4-12-9-19-16(10(2)15(12)21-3)20-14-6-5-11(8-18)7-13(14)17/h5-7,9H,4H2,1-3H3,(H,19,20). The Labute approximate surface area is 129 Å². The normalized spacial score (nSPS) is 10.0. The Balaban J connectivity index is 2.39. The van der Waals surface area contributed by atoms with E-state index in [4.69, 9.17) is 21.6 Å². The van der Waals surface area contributed by atoms with Crippen LogP contribution in [0.4, 0.5) is 11.5 Å². The molecule has 0 unspecified atom stereocenters. The molecule has 2 aromatic rings. The number of nitrogens with zero attached hydrogens (tertiary/aromatic N) is 2. The van der Waals surface area contributed by atoms with Gasteiger partial charge in [-0.2, -0.15) is 5.26 Å². The third-order valence-electron chi connectivity index (χ3n) is 3.27. The number of rotatable bonds is 4. The van der Waals surface area contributed by atoms with Gasteiger partial charge in [-0.1, -0.05) is 18.5 Å². The van der Waals surface area contributed by atoms with E-state index in [9.17, 15) is 0 Å². The van der Waals surface area contributed by atoms with Crippen molar-refractivity contribution in [1.82, 2.24) is 4.98 Å². The number of nitriles is 1. The molecule has 108 valence electrons. The van der Waals surface area contributed by atoms with Crippen LogP contribution in [0.25, 0.3) is 0 Å². The summed E-state index contributed by atoms with van der Waals surface area (Å²) in [5, 5.41) is 12.5. The number of nitrogens with one attached hydrogen (secondary N) is 1. The van der Waals surface area contributed by atoms with E-state index in [1.54, 1.807) is 31.5 Å². The average Bonchev–Trinajstić information content (AvgIpc) is 2.50. The molecule has 1 heterocycles. The maximum atomic E-state index is 8.85. The maximum absolute atomic E-state index is 8.85. The van der Waals surface area contributed by atoms with Crippen LogP contribution >= 0.6 is 11.6 Å². The number of hydrogen-bond acceptors (Lipinski definition) is 4. The van der Waals surface area contributed by atoms with Crippen LogP contribution in [0, 0.1) is 18.3 Å². The Morgan fingerprint density at radius 2 is 2.19 bits per heavy atom. The molecular weight excluding hydrogens is 286 g/mol. The second-order valence-corrected chi connectivity index (χ2v) is 4.98. The van der Waals surface area contributed by atoms with Crippen LogP contribution in [0.5, 0.6) is 5.75 Å². The second-order valence-electron chi connectivity index (χ2n) is 4.58. The van der Waals surface area contributed by atoms with Gasteiger partial charge in [-0.25, -0.2) is 4.98 Å².